The Morgan fingerprint density at radius 3 is 2.63 bits per heavy atom. The third-order valence-corrected chi connectivity index (χ3v) is 3.51. The highest BCUT2D eigenvalue weighted by atomic mass is 35.5. The van der Waals surface area contributed by atoms with Crippen LogP contribution in [0.25, 0.3) is 0 Å². The molecule has 1 aliphatic rings. The molecule has 0 aromatic heterocycles. The zero-order chi connectivity index (χ0) is 13.8. The number of carbonyl (C=O) groups excluding carboxylic acids is 1. The average Bonchev–Trinajstić information content (AvgIpc) is 2.42. The Morgan fingerprint density at radius 1 is 1.32 bits per heavy atom. The summed E-state index contributed by atoms with van der Waals surface area (Å²) in [6.45, 7) is 1.64. The first-order valence-electron chi connectivity index (χ1n) is 6.12. The average molecular weight is 283 g/mol. The summed E-state index contributed by atoms with van der Waals surface area (Å²) in [7, 11) is 0. The van der Waals surface area contributed by atoms with E-state index in [2.05, 4.69) is 10.6 Å². The number of rotatable bonds is 3. The molecule has 1 aromatic rings. The van der Waals surface area contributed by atoms with Crippen LogP contribution >= 0.6 is 11.6 Å². The molecular weight excluding hydrogens is 268 g/mol. The number of carboxylic acids is 1. The van der Waals surface area contributed by atoms with E-state index in [4.69, 9.17) is 16.7 Å². The van der Waals surface area contributed by atoms with Crippen LogP contribution in [-0.2, 0) is 4.79 Å². The van der Waals surface area contributed by atoms with Crippen LogP contribution in [0.3, 0.4) is 0 Å². The predicted molar refractivity (Wildman–Crippen MR) is 72.6 cm³/mol. The minimum absolute atomic E-state index is 0.0502. The SMILES string of the molecule is O=C(O)c1ccc(Cl)c(NC(=O)C2CCNCC2)c1. The van der Waals surface area contributed by atoms with E-state index in [0.29, 0.717) is 10.7 Å². The number of hydrogen-bond donors (Lipinski definition) is 3. The molecule has 0 bridgehead atoms. The van der Waals surface area contributed by atoms with Gasteiger partial charge in [-0.1, -0.05) is 11.6 Å². The summed E-state index contributed by atoms with van der Waals surface area (Å²) in [5, 5.41) is 15.2. The molecule has 0 saturated carbocycles. The molecule has 1 aromatic carbocycles. The molecule has 19 heavy (non-hydrogen) atoms. The van der Waals surface area contributed by atoms with Crippen molar-refractivity contribution in [2.45, 2.75) is 12.8 Å². The third kappa shape index (κ3) is 3.45. The van der Waals surface area contributed by atoms with Crippen molar-refractivity contribution in [1.29, 1.82) is 0 Å². The van der Waals surface area contributed by atoms with Gasteiger partial charge in [-0.3, -0.25) is 4.79 Å². The van der Waals surface area contributed by atoms with Crippen molar-refractivity contribution in [2.75, 3.05) is 18.4 Å². The molecule has 5 nitrogen and oxygen atoms in total. The number of halogens is 1. The number of nitrogens with one attached hydrogen (secondary N) is 2. The summed E-state index contributed by atoms with van der Waals surface area (Å²) in [6, 6.07) is 4.26. The van der Waals surface area contributed by atoms with Gasteiger partial charge in [-0.25, -0.2) is 4.79 Å². The summed E-state index contributed by atoms with van der Waals surface area (Å²) < 4.78 is 0. The number of hydrogen-bond acceptors (Lipinski definition) is 3. The lowest BCUT2D eigenvalue weighted by Crippen LogP contribution is -2.34. The van der Waals surface area contributed by atoms with Gasteiger partial charge >= 0.3 is 5.97 Å². The molecule has 2 rings (SSSR count). The van der Waals surface area contributed by atoms with E-state index in [9.17, 15) is 9.59 Å². The zero-order valence-corrected chi connectivity index (χ0v) is 11.0. The van der Waals surface area contributed by atoms with Gasteiger partial charge in [-0.15, -0.1) is 0 Å². The lowest BCUT2D eigenvalue weighted by molar-refractivity contribution is -0.120. The fourth-order valence-electron chi connectivity index (χ4n) is 2.07. The summed E-state index contributed by atoms with van der Waals surface area (Å²) in [5.41, 5.74) is 0.454. The van der Waals surface area contributed by atoms with E-state index in [0.717, 1.165) is 25.9 Å². The van der Waals surface area contributed by atoms with Crippen LogP contribution in [-0.4, -0.2) is 30.1 Å². The number of carboxylic acid groups (broad SMARTS) is 1. The number of aromatic carboxylic acids is 1. The van der Waals surface area contributed by atoms with Crippen molar-refractivity contribution in [2.24, 2.45) is 5.92 Å². The molecule has 0 radical (unpaired) electrons. The lowest BCUT2D eigenvalue weighted by Gasteiger charge is -2.22. The topological polar surface area (TPSA) is 78.4 Å². The van der Waals surface area contributed by atoms with Crippen LogP contribution in [0.5, 0.6) is 0 Å². The van der Waals surface area contributed by atoms with Crippen molar-refractivity contribution in [3.63, 3.8) is 0 Å². The fraction of sp³-hybridized carbons (Fsp3) is 0.385. The molecule has 102 valence electrons. The van der Waals surface area contributed by atoms with Gasteiger partial charge in [0.05, 0.1) is 16.3 Å². The van der Waals surface area contributed by atoms with Crippen LogP contribution in [0, 0.1) is 5.92 Å². The Morgan fingerprint density at radius 2 is 2.00 bits per heavy atom. The lowest BCUT2D eigenvalue weighted by atomic mass is 9.97. The summed E-state index contributed by atoms with van der Waals surface area (Å²) >= 11 is 5.96. The van der Waals surface area contributed by atoms with E-state index in [1.165, 1.54) is 18.2 Å². The molecule has 1 aliphatic heterocycles. The van der Waals surface area contributed by atoms with Gasteiger partial charge in [-0.2, -0.15) is 0 Å². The first-order valence-corrected chi connectivity index (χ1v) is 6.50. The van der Waals surface area contributed by atoms with Gasteiger partial charge in [0.2, 0.25) is 5.91 Å². The van der Waals surface area contributed by atoms with Crippen molar-refractivity contribution < 1.29 is 14.7 Å². The van der Waals surface area contributed by atoms with E-state index >= 15 is 0 Å². The van der Waals surface area contributed by atoms with Crippen molar-refractivity contribution in [3.8, 4) is 0 Å². The van der Waals surface area contributed by atoms with E-state index < -0.39 is 5.97 Å². The molecule has 3 N–H and O–H groups in total. The highest BCUT2D eigenvalue weighted by Crippen LogP contribution is 2.24. The first-order chi connectivity index (χ1) is 9.08. The van der Waals surface area contributed by atoms with Crippen LogP contribution in [0.1, 0.15) is 23.2 Å². The number of carbonyl (C=O) groups is 2. The molecule has 1 saturated heterocycles. The normalized spacial score (nSPS) is 16.1. The minimum Gasteiger partial charge on any atom is -0.478 e. The van der Waals surface area contributed by atoms with Gasteiger partial charge in [0.1, 0.15) is 0 Å². The van der Waals surface area contributed by atoms with Crippen LogP contribution in [0.15, 0.2) is 18.2 Å². The molecule has 1 heterocycles. The van der Waals surface area contributed by atoms with Crippen molar-refractivity contribution in [3.05, 3.63) is 28.8 Å². The monoisotopic (exact) mass is 282 g/mol. The Kier molecular flexibility index (Phi) is 4.39. The third-order valence-electron chi connectivity index (χ3n) is 3.18. The Balaban J connectivity index is 2.11. The van der Waals surface area contributed by atoms with Gasteiger partial charge in [0.25, 0.3) is 0 Å². The molecule has 6 heteroatoms. The Labute approximate surface area is 116 Å². The summed E-state index contributed by atoms with van der Waals surface area (Å²) in [5.74, 6) is -1.20. The predicted octanol–water partition coefficient (Wildman–Crippen LogP) is 1.98. The Hall–Kier alpha value is -1.59. The minimum atomic E-state index is -1.05. The highest BCUT2D eigenvalue weighted by molar-refractivity contribution is 6.33. The Bertz CT molecular complexity index is 499. The highest BCUT2D eigenvalue weighted by Gasteiger charge is 2.21. The number of amides is 1. The largest absolute Gasteiger partial charge is 0.478 e. The second-order valence-corrected chi connectivity index (χ2v) is 4.92. The fourth-order valence-corrected chi connectivity index (χ4v) is 2.24. The quantitative estimate of drug-likeness (QED) is 0.792. The van der Waals surface area contributed by atoms with Crippen molar-refractivity contribution in [1.82, 2.24) is 5.32 Å². The standard InChI is InChI=1S/C13H15ClN2O3/c14-10-2-1-9(13(18)19)7-11(10)16-12(17)8-3-5-15-6-4-8/h1-2,7-8,15H,3-6H2,(H,16,17)(H,18,19). The number of benzene rings is 1. The molecule has 0 unspecified atom stereocenters. The van der Waals surface area contributed by atoms with Gasteiger partial charge in [0, 0.05) is 5.92 Å². The molecule has 0 aliphatic carbocycles. The van der Waals surface area contributed by atoms with Gasteiger partial charge < -0.3 is 15.7 Å². The van der Waals surface area contributed by atoms with Crippen molar-refractivity contribution >= 4 is 29.2 Å². The maximum Gasteiger partial charge on any atom is 0.335 e. The molecule has 0 spiro atoms. The molecule has 1 fully saturated rings. The van der Waals surface area contributed by atoms with Gasteiger partial charge in [-0.05, 0) is 44.1 Å². The van der Waals surface area contributed by atoms with Crippen LogP contribution in [0.2, 0.25) is 5.02 Å². The maximum atomic E-state index is 12.1. The number of anilines is 1. The summed E-state index contributed by atoms with van der Waals surface area (Å²) in [4.78, 5) is 22.9. The number of piperidine rings is 1. The smallest absolute Gasteiger partial charge is 0.335 e. The molecular formula is C13H15ClN2O3. The van der Waals surface area contributed by atoms with E-state index in [1.807, 2.05) is 0 Å². The second-order valence-electron chi connectivity index (χ2n) is 4.51. The zero-order valence-electron chi connectivity index (χ0n) is 10.3. The van der Waals surface area contributed by atoms with E-state index in [-0.39, 0.29) is 17.4 Å². The molecule has 1 amide bonds. The second kappa shape index (κ2) is 6.04. The van der Waals surface area contributed by atoms with Crippen LogP contribution < -0.4 is 10.6 Å². The molecule has 0 atom stereocenters. The van der Waals surface area contributed by atoms with Crippen LogP contribution in [0.4, 0.5) is 5.69 Å². The first kappa shape index (κ1) is 13.8. The maximum absolute atomic E-state index is 12.1. The summed E-state index contributed by atoms with van der Waals surface area (Å²) in [6.07, 6.45) is 1.56. The van der Waals surface area contributed by atoms with E-state index in [1.54, 1.807) is 0 Å². The van der Waals surface area contributed by atoms with Gasteiger partial charge in [0.15, 0.2) is 0 Å².